The van der Waals surface area contributed by atoms with E-state index in [0.29, 0.717) is 12.6 Å². The van der Waals surface area contributed by atoms with Gasteiger partial charge in [0.1, 0.15) is 0 Å². The first kappa shape index (κ1) is 11.1. The van der Waals surface area contributed by atoms with Crippen molar-refractivity contribution in [1.82, 2.24) is 0 Å². The van der Waals surface area contributed by atoms with Crippen LogP contribution < -0.4 is 10.6 Å². The summed E-state index contributed by atoms with van der Waals surface area (Å²) < 4.78 is 0. The van der Waals surface area contributed by atoms with Gasteiger partial charge in [0.15, 0.2) is 0 Å². The summed E-state index contributed by atoms with van der Waals surface area (Å²) in [4.78, 5) is 2.36. The highest BCUT2D eigenvalue weighted by atomic mass is 15.1. The van der Waals surface area contributed by atoms with Crippen LogP contribution in [0.25, 0.3) is 0 Å². The van der Waals surface area contributed by atoms with Gasteiger partial charge in [-0.25, -0.2) is 0 Å². The highest BCUT2D eigenvalue weighted by Gasteiger charge is 2.07. The topological polar surface area (TPSA) is 29.3 Å². The minimum absolute atomic E-state index is 0.535. The zero-order valence-electron chi connectivity index (χ0n) is 9.33. The van der Waals surface area contributed by atoms with Crippen LogP contribution in [-0.4, -0.2) is 12.6 Å². The first-order valence-electron chi connectivity index (χ1n) is 5.24. The SMILES string of the molecule is CCN(c1cccc(CN)c1)C(C)C. The second-order valence-electron chi connectivity index (χ2n) is 3.75. The fourth-order valence-electron chi connectivity index (χ4n) is 1.71. The lowest BCUT2D eigenvalue weighted by Crippen LogP contribution is -2.30. The predicted molar refractivity (Wildman–Crippen MR) is 62.5 cm³/mol. The van der Waals surface area contributed by atoms with Crippen LogP contribution >= 0.6 is 0 Å². The van der Waals surface area contributed by atoms with Gasteiger partial charge in [0.2, 0.25) is 0 Å². The Morgan fingerprint density at radius 1 is 1.36 bits per heavy atom. The maximum Gasteiger partial charge on any atom is 0.0371 e. The maximum atomic E-state index is 5.62. The van der Waals surface area contributed by atoms with Crippen LogP contribution in [0.4, 0.5) is 5.69 Å². The Hall–Kier alpha value is -1.02. The molecular formula is C12H20N2. The number of rotatable bonds is 4. The van der Waals surface area contributed by atoms with Crippen molar-refractivity contribution in [2.45, 2.75) is 33.4 Å². The van der Waals surface area contributed by atoms with E-state index in [-0.39, 0.29) is 0 Å². The van der Waals surface area contributed by atoms with E-state index in [1.807, 2.05) is 0 Å². The van der Waals surface area contributed by atoms with Crippen LogP contribution in [0.1, 0.15) is 26.3 Å². The van der Waals surface area contributed by atoms with Crippen molar-refractivity contribution < 1.29 is 0 Å². The molecule has 0 heterocycles. The Morgan fingerprint density at radius 3 is 2.57 bits per heavy atom. The second kappa shape index (κ2) is 5.01. The third-order valence-corrected chi connectivity index (χ3v) is 2.44. The summed E-state index contributed by atoms with van der Waals surface area (Å²) in [5, 5.41) is 0. The van der Waals surface area contributed by atoms with Crippen LogP contribution in [0.15, 0.2) is 24.3 Å². The fraction of sp³-hybridized carbons (Fsp3) is 0.500. The van der Waals surface area contributed by atoms with Crippen LogP contribution in [0.3, 0.4) is 0 Å². The Bertz CT molecular complexity index is 281. The molecule has 14 heavy (non-hydrogen) atoms. The number of nitrogens with zero attached hydrogens (tertiary/aromatic N) is 1. The van der Waals surface area contributed by atoms with Crippen molar-refractivity contribution in [3.8, 4) is 0 Å². The summed E-state index contributed by atoms with van der Waals surface area (Å²) >= 11 is 0. The highest BCUT2D eigenvalue weighted by Crippen LogP contribution is 2.18. The van der Waals surface area contributed by atoms with Gasteiger partial charge in [-0.2, -0.15) is 0 Å². The van der Waals surface area contributed by atoms with Crippen molar-refractivity contribution in [1.29, 1.82) is 0 Å². The molecule has 2 nitrogen and oxygen atoms in total. The largest absolute Gasteiger partial charge is 0.369 e. The van der Waals surface area contributed by atoms with Gasteiger partial charge >= 0.3 is 0 Å². The molecule has 0 aliphatic rings. The first-order chi connectivity index (χ1) is 6.69. The van der Waals surface area contributed by atoms with E-state index in [1.165, 1.54) is 11.3 Å². The number of benzene rings is 1. The minimum atomic E-state index is 0.535. The molecule has 0 saturated heterocycles. The van der Waals surface area contributed by atoms with E-state index >= 15 is 0 Å². The molecule has 0 unspecified atom stereocenters. The molecule has 2 heteroatoms. The second-order valence-corrected chi connectivity index (χ2v) is 3.75. The number of anilines is 1. The van der Waals surface area contributed by atoms with Crippen molar-refractivity contribution in [3.05, 3.63) is 29.8 Å². The van der Waals surface area contributed by atoms with Crippen molar-refractivity contribution in [3.63, 3.8) is 0 Å². The average Bonchev–Trinajstić information content (AvgIpc) is 2.19. The zero-order chi connectivity index (χ0) is 10.6. The summed E-state index contributed by atoms with van der Waals surface area (Å²) in [5.74, 6) is 0. The third-order valence-electron chi connectivity index (χ3n) is 2.44. The number of hydrogen-bond acceptors (Lipinski definition) is 2. The van der Waals surface area contributed by atoms with Gasteiger partial charge in [0.05, 0.1) is 0 Å². The molecule has 0 aliphatic carbocycles. The van der Waals surface area contributed by atoms with Crippen LogP contribution in [0, 0.1) is 0 Å². The van der Waals surface area contributed by atoms with Gasteiger partial charge in [-0.3, -0.25) is 0 Å². The maximum absolute atomic E-state index is 5.62. The van der Waals surface area contributed by atoms with E-state index < -0.39 is 0 Å². The Kier molecular flexibility index (Phi) is 3.96. The molecule has 0 aliphatic heterocycles. The monoisotopic (exact) mass is 192 g/mol. The quantitative estimate of drug-likeness (QED) is 0.793. The Morgan fingerprint density at radius 2 is 2.07 bits per heavy atom. The summed E-state index contributed by atoms with van der Waals surface area (Å²) in [6.45, 7) is 8.24. The van der Waals surface area contributed by atoms with Crippen molar-refractivity contribution in [2.75, 3.05) is 11.4 Å². The van der Waals surface area contributed by atoms with E-state index in [1.54, 1.807) is 0 Å². The van der Waals surface area contributed by atoms with E-state index in [0.717, 1.165) is 6.54 Å². The van der Waals surface area contributed by atoms with E-state index in [9.17, 15) is 0 Å². The molecule has 0 saturated carbocycles. The molecular weight excluding hydrogens is 172 g/mol. The molecule has 0 aromatic heterocycles. The van der Waals surface area contributed by atoms with Gasteiger partial charge in [-0.15, -0.1) is 0 Å². The van der Waals surface area contributed by atoms with Crippen molar-refractivity contribution in [2.24, 2.45) is 5.73 Å². The molecule has 0 spiro atoms. The Balaban J connectivity index is 2.92. The third kappa shape index (κ3) is 2.48. The molecule has 2 N–H and O–H groups in total. The zero-order valence-corrected chi connectivity index (χ0v) is 9.33. The molecule has 0 amide bonds. The lowest BCUT2D eigenvalue weighted by atomic mass is 10.1. The highest BCUT2D eigenvalue weighted by molar-refractivity contribution is 5.49. The van der Waals surface area contributed by atoms with Crippen LogP contribution in [-0.2, 0) is 6.54 Å². The van der Waals surface area contributed by atoms with E-state index in [4.69, 9.17) is 5.73 Å². The molecule has 1 aromatic carbocycles. The van der Waals surface area contributed by atoms with Gasteiger partial charge in [-0.1, -0.05) is 12.1 Å². The smallest absolute Gasteiger partial charge is 0.0371 e. The normalized spacial score (nSPS) is 10.6. The predicted octanol–water partition coefficient (Wildman–Crippen LogP) is 2.38. The summed E-state index contributed by atoms with van der Waals surface area (Å²) in [5.41, 5.74) is 8.08. The van der Waals surface area contributed by atoms with Crippen LogP contribution in [0.2, 0.25) is 0 Å². The fourth-order valence-corrected chi connectivity index (χ4v) is 1.71. The summed E-state index contributed by atoms with van der Waals surface area (Å²) in [6, 6.07) is 8.99. The van der Waals surface area contributed by atoms with Gasteiger partial charge in [0.25, 0.3) is 0 Å². The summed E-state index contributed by atoms with van der Waals surface area (Å²) in [7, 11) is 0. The van der Waals surface area contributed by atoms with Crippen molar-refractivity contribution >= 4 is 5.69 Å². The first-order valence-corrected chi connectivity index (χ1v) is 5.24. The molecule has 78 valence electrons. The lowest BCUT2D eigenvalue weighted by molar-refractivity contribution is 0.703. The molecule has 1 rings (SSSR count). The average molecular weight is 192 g/mol. The molecule has 1 aromatic rings. The molecule has 0 bridgehead atoms. The van der Waals surface area contributed by atoms with Gasteiger partial charge in [0, 0.05) is 24.8 Å². The van der Waals surface area contributed by atoms with Gasteiger partial charge < -0.3 is 10.6 Å². The Labute approximate surface area is 86.7 Å². The number of nitrogens with two attached hydrogens (primary N) is 1. The standard InChI is InChI=1S/C12H20N2/c1-4-14(10(2)3)12-7-5-6-11(8-12)9-13/h5-8,10H,4,9,13H2,1-3H3. The molecule has 0 fully saturated rings. The molecule has 0 radical (unpaired) electrons. The molecule has 0 atom stereocenters. The van der Waals surface area contributed by atoms with E-state index in [2.05, 4.69) is 49.9 Å². The lowest BCUT2D eigenvalue weighted by Gasteiger charge is -2.27. The summed E-state index contributed by atoms with van der Waals surface area (Å²) in [6.07, 6.45) is 0. The van der Waals surface area contributed by atoms with Crippen LogP contribution in [0.5, 0.6) is 0 Å². The van der Waals surface area contributed by atoms with Gasteiger partial charge in [-0.05, 0) is 38.5 Å². The number of hydrogen-bond donors (Lipinski definition) is 1. The minimum Gasteiger partial charge on any atom is -0.369 e.